The number of nitrogens with zero attached hydrogens (tertiary/aromatic N) is 6. The molecule has 15 nitrogen and oxygen atoms in total. The Balaban J connectivity index is 1.02. The Hall–Kier alpha value is -4.22. The lowest BCUT2D eigenvalue weighted by molar-refractivity contribution is -0.121. The van der Waals surface area contributed by atoms with E-state index in [1.54, 1.807) is 41.1 Å². The number of imide groups is 1. The minimum Gasteiger partial charge on any atom is -0.578 e. The number of hydrogen-bond acceptors (Lipinski definition) is 11. The van der Waals surface area contributed by atoms with Crippen molar-refractivity contribution in [2.75, 3.05) is 46.9 Å². The van der Waals surface area contributed by atoms with Gasteiger partial charge in [0.05, 0.1) is 29.5 Å². The van der Waals surface area contributed by atoms with Crippen LogP contribution in [0.25, 0.3) is 0 Å². The van der Waals surface area contributed by atoms with Crippen molar-refractivity contribution in [3.63, 3.8) is 0 Å². The van der Waals surface area contributed by atoms with E-state index in [1.807, 2.05) is 15.7 Å². The molecule has 2 aliphatic heterocycles. The zero-order valence-corrected chi connectivity index (χ0v) is 32.0. The van der Waals surface area contributed by atoms with Crippen LogP contribution in [0.2, 0.25) is 0 Å². The number of hydrogen-bond donors (Lipinski definition) is 2. The summed E-state index contributed by atoms with van der Waals surface area (Å²) in [6, 6.07) is 7.63. The molecule has 16 heteroatoms. The molecule has 292 valence electrons. The molecule has 54 heavy (non-hydrogen) atoms. The van der Waals surface area contributed by atoms with Gasteiger partial charge in [-0.15, -0.1) is 8.61 Å². The van der Waals surface area contributed by atoms with Crippen LogP contribution in [0.4, 0.5) is 5.82 Å². The molecule has 1 saturated heterocycles. The van der Waals surface area contributed by atoms with Gasteiger partial charge in [-0.3, -0.25) is 33.6 Å². The fourth-order valence-corrected chi connectivity index (χ4v) is 8.59. The largest absolute Gasteiger partial charge is 0.578 e. The van der Waals surface area contributed by atoms with E-state index >= 15 is 0 Å². The zero-order valence-electron chi connectivity index (χ0n) is 31.2. The van der Waals surface area contributed by atoms with Crippen LogP contribution >= 0.6 is 0 Å². The Labute approximate surface area is 319 Å². The van der Waals surface area contributed by atoms with Crippen LogP contribution in [0, 0.1) is 0 Å². The van der Waals surface area contributed by atoms with Gasteiger partial charge in [-0.25, -0.2) is 4.99 Å². The molecule has 0 spiro atoms. The van der Waals surface area contributed by atoms with Crippen molar-refractivity contribution in [2.45, 2.75) is 88.8 Å². The lowest BCUT2D eigenvalue weighted by Crippen LogP contribution is -2.46. The maximum absolute atomic E-state index is 13.3. The first-order valence-corrected chi connectivity index (χ1v) is 19.9. The third kappa shape index (κ3) is 9.90. The first-order chi connectivity index (χ1) is 26.2. The smallest absolute Gasteiger partial charge is 0.262 e. The maximum Gasteiger partial charge on any atom is 0.262 e. The molecular weight excluding hydrogens is 713 g/mol. The molecule has 2 atom stereocenters. The highest BCUT2D eigenvalue weighted by Crippen LogP contribution is 2.33. The third-order valence-electron chi connectivity index (χ3n) is 10.3. The topological polar surface area (TPSA) is 195 Å². The lowest BCUT2D eigenvalue weighted by Gasteiger charge is -2.33. The van der Waals surface area contributed by atoms with Crippen LogP contribution in [0.3, 0.4) is 0 Å². The van der Waals surface area contributed by atoms with Crippen molar-refractivity contribution in [1.29, 1.82) is 0 Å². The number of aromatic nitrogens is 1. The number of nitrogens with one attached hydrogen (secondary N) is 1. The predicted molar refractivity (Wildman–Crippen MR) is 207 cm³/mol. The number of aryl methyl sites for hydroxylation is 1. The lowest BCUT2D eigenvalue weighted by atomic mass is 9.99. The van der Waals surface area contributed by atoms with Gasteiger partial charge in [-0.05, 0) is 69.1 Å². The van der Waals surface area contributed by atoms with Gasteiger partial charge >= 0.3 is 0 Å². The SMILES string of the molecule is CNC(=O)CCC(C=O)N1C(=O)c2cccc(CCCOCCCN(C)[S+]([O-])N3CCC(/N=C\c4ccc(=O)n(C5CCCC5)c4/N=C/N)CC3)c2C1=O. The monoisotopic (exact) mass is 764 g/mol. The number of amides is 3. The number of carbonyl (C=O) groups excluding carboxylic acids is 4. The first-order valence-electron chi connectivity index (χ1n) is 18.8. The highest BCUT2D eigenvalue weighted by atomic mass is 32.2. The highest BCUT2D eigenvalue weighted by molar-refractivity contribution is 7.86. The van der Waals surface area contributed by atoms with E-state index in [0.717, 1.165) is 49.0 Å². The molecule has 2 aromatic rings. The van der Waals surface area contributed by atoms with Gasteiger partial charge in [0.2, 0.25) is 5.91 Å². The van der Waals surface area contributed by atoms with Gasteiger partial charge in [0.25, 0.3) is 17.4 Å². The standard InChI is InChI=1S/C38H52N8O7S/c1-40-33(48)15-14-31(25-47)46-37(50)32-12-5-8-27(35(32)38(46)51)9-6-22-53-23-7-19-43(2)54(52)44-20-17-29(18-21-44)41-24-28-13-16-34(49)45(36(28)42-26-39)30-10-3-4-11-30/h5,8,12-13,16,24-26,29-31H,3-4,6-7,9-11,14-15,17-23H2,1-2H3,(H2,39,42)(H,40,48)/b41-24-. The van der Waals surface area contributed by atoms with Crippen molar-refractivity contribution in [3.05, 3.63) is 62.9 Å². The molecule has 5 rings (SSSR count). The van der Waals surface area contributed by atoms with Crippen LogP contribution in [0.15, 0.2) is 45.1 Å². The number of ether oxygens (including phenoxy) is 1. The molecular formula is C38H52N8O7S. The summed E-state index contributed by atoms with van der Waals surface area (Å²) in [4.78, 5) is 72.7. The summed E-state index contributed by atoms with van der Waals surface area (Å²) in [5.74, 6) is -0.763. The van der Waals surface area contributed by atoms with Gasteiger partial charge in [0, 0.05) is 77.3 Å². The van der Waals surface area contributed by atoms with Crippen molar-refractivity contribution in [1.82, 2.24) is 23.4 Å². The van der Waals surface area contributed by atoms with Crippen LogP contribution in [0.5, 0.6) is 0 Å². The minimum atomic E-state index is -1.29. The quantitative estimate of drug-likeness (QED) is 0.0537. The molecule has 0 radical (unpaired) electrons. The van der Waals surface area contributed by atoms with Crippen LogP contribution in [-0.4, -0.2) is 118 Å². The Morgan fingerprint density at radius 2 is 1.83 bits per heavy atom. The molecule has 3 heterocycles. The van der Waals surface area contributed by atoms with E-state index in [4.69, 9.17) is 15.5 Å². The second kappa shape index (κ2) is 19.9. The molecule has 3 aliphatic rings. The Morgan fingerprint density at radius 3 is 2.54 bits per heavy atom. The van der Waals surface area contributed by atoms with Gasteiger partial charge in [-0.2, -0.15) is 0 Å². The molecule has 1 saturated carbocycles. The Kier molecular flexibility index (Phi) is 15.1. The van der Waals surface area contributed by atoms with E-state index in [2.05, 4.69) is 10.3 Å². The molecule has 3 N–H and O–H groups in total. The molecule has 2 fully saturated rings. The van der Waals surface area contributed by atoms with Crippen LogP contribution in [0.1, 0.15) is 102 Å². The second-order valence-corrected chi connectivity index (χ2v) is 15.5. The number of fused-ring (bicyclic) bond motifs is 1. The van der Waals surface area contributed by atoms with Crippen LogP contribution < -0.4 is 16.6 Å². The Bertz CT molecular complexity index is 1750. The summed E-state index contributed by atoms with van der Waals surface area (Å²) in [6.07, 6.45) is 11.1. The molecule has 1 aromatic heterocycles. The number of benzene rings is 1. The fraction of sp³-hybridized carbons (Fsp3) is 0.553. The van der Waals surface area contributed by atoms with Gasteiger partial charge < -0.3 is 25.1 Å². The normalized spacial score (nSPS) is 18.3. The molecule has 1 aliphatic carbocycles. The molecule has 1 aromatic carbocycles. The summed E-state index contributed by atoms with van der Waals surface area (Å²) >= 11 is -1.29. The number of piperidine rings is 1. The third-order valence-corrected chi connectivity index (χ3v) is 11.8. The number of pyridine rings is 1. The zero-order chi connectivity index (χ0) is 38.6. The summed E-state index contributed by atoms with van der Waals surface area (Å²) in [7, 11) is 3.32. The number of nitrogens with two attached hydrogens (primary N) is 1. The number of carbonyl (C=O) groups is 4. The van der Waals surface area contributed by atoms with Crippen molar-refractivity contribution >= 4 is 53.9 Å². The molecule has 0 bridgehead atoms. The van der Waals surface area contributed by atoms with E-state index in [9.17, 15) is 28.5 Å². The summed E-state index contributed by atoms with van der Waals surface area (Å²) in [6.45, 7) is 2.80. The fourth-order valence-electron chi connectivity index (χ4n) is 7.39. The van der Waals surface area contributed by atoms with E-state index in [0.29, 0.717) is 75.3 Å². The van der Waals surface area contributed by atoms with Gasteiger partial charge in [0.15, 0.2) is 0 Å². The van der Waals surface area contributed by atoms with E-state index in [-0.39, 0.29) is 42.0 Å². The Morgan fingerprint density at radius 1 is 1.09 bits per heavy atom. The van der Waals surface area contributed by atoms with Crippen molar-refractivity contribution in [2.24, 2.45) is 15.7 Å². The predicted octanol–water partition coefficient (Wildman–Crippen LogP) is 2.70. The minimum absolute atomic E-state index is 0.0219. The van der Waals surface area contributed by atoms with Crippen molar-refractivity contribution in [3.8, 4) is 0 Å². The van der Waals surface area contributed by atoms with E-state index < -0.39 is 29.4 Å². The van der Waals surface area contributed by atoms with Crippen LogP contribution in [-0.2, 0) is 32.3 Å². The number of aliphatic imine (C=N–C) groups is 2. The van der Waals surface area contributed by atoms with E-state index in [1.165, 1.54) is 13.4 Å². The summed E-state index contributed by atoms with van der Waals surface area (Å²) in [5, 5.41) is 2.48. The summed E-state index contributed by atoms with van der Waals surface area (Å²) < 4.78 is 24.6. The second-order valence-electron chi connectivity index (χ2n) is 13.9. The number of aldehydes is 1. The van der Waals surface area contributed by atoms with Crippen molar-refractivity contribution < 1.29 is 28.5 Å². The summed E-state index contributed by atoms with van der Waals surface area (Å²) in [5.41, 5.74) is 7.63. The molecule has 2 unspecified atom stereocenters. The van der Waals surface area contributed by atoms with Gasteiger partial charge in [-0.1, -0.05) is 25.0 Å². The van der Waals surface area contributed by atoms with Gasteiger partial charge in [0.1, 0.15) is 23.7 Å². The first kappa shape index (κ1) is 41.0. The average molecular weight is 765 g/mol. The maximum atomic E-state index is 13.3. The highest BCUT2D eigenvalue weighted by Gasteiger charge is 2.41. The average Bonchev–Trinajstić information content (AvgIpc) is 3.81. The number of rotatable bonds is 19. The molecule has 3 amide bonds.